The molecule has 0 unspecified atom stereocenters. The predicted octanol–water partition coefficient (Wildman–Crippen LogP) is 2.09. The van der Waals surface area contributed by atoms with Crippen LogP contribution in [-0.4, -0.2) is 15.7 Å². The second kappa shape index (κ2) is 4.52. The van der Waals surface area contributed by atoms with Crippen molar-refractivity contribution in [3.8, 4) is 0 Å². The van der Waals surface area contributed by atoms with Crippen LogP contribution in [0.3, 0.4) is 0 Å². The SMILES string of the molecule is Cn1nccc1NC(=O)c1ccc(F)c(F)c1F. The number of halogens is 3. The number of nitrogens with one attached hydrogen (secondary N) is 1. The van der Waals surface area contributed by atoms with Crippen molar-refractivity contribution in [1.29, 1.82) is 0 Å². The summed E-state index contributed by atoms with van der Waals surface area (Å²) in [5.41, 5.74) is -0.574. The minimum Gasteiger partial charge on any atom is -0.307 e. The second-order valence-electron chi connectivity index (χ2n) is 3.52. The van der Waals surface area contributed by atoms with Gasteiger partial charge in [-0.1, -0.05) is 0 Å². The minimum absolute atomic E-state index is 0.309. The molecule has 1 aromatic carbocycles. The molecule has 18 heavy (non-hydrogen) atoms. The van der Waals surface area contributed by atoms with Crippen LogP contribution < -0.4 is 5.32 Å². The molecule has 1 heterocycles. The van der Waals surface area contributed by atoms with E-state index in [0.717, 1.165) is 6.07 Å². The van der Waals surface area contributed by atoms with Gasteiger partial charge < -0.3 is 5.32 Å². The molecule has 0 fully saturated rings. The molecule has 0 aliphatic carbocycles. The molecule has 2 aromatic rings. The maximum atomic E-state index is 13.3. The van der Waals surface area contributed by atoms with E-state index in [-0.39, 0.29) is 0 Å². The molecule has 0 saturated heterocycles. The summed E-state index contributed by atoms with van der Waals surface area (Å²) in [6, 6.07) is 3.05. The van der Waals surface area contributed by atoms with Crippen molar-refractivity contribution in [2.75, 3.05) is 5.32 Å². The van der Waals surface area contributed by atoms with Crippen molar-refractivity contribution >= 4 is 11.7 Å². The predicted molar refractivity (Wildman–Crippen MR) is 57.5 cm³/mol. The van der Waals surface area contributed by atoms with Gasteiger partial charge in [0.2, 0.25) is 0 Å². The van der Waals surface area contributed by atoms with Crippen LogP contribution in [-0.2, 0) is 7.05 Å². The first kappa shape index (κ1) is 12.2. The number of aromatic nitrogens is 2. The summed E-state index contributed by atoms with van der Waals surface area (Å²) in [7, 11) is 1.57. The summed E-state index contributed by atoms with van der Waals surface area (Å²) >= 11 is 0. The Kier molecular flexibility index (Phi) is 3.05. The van der Waals surface area contributed by atoms with Crippen molar-refractivity contribution in [3.63, 3.8) is 0 Å². The smallest absolute Gasteiger partial charge is 0.259 e. The molecule has 1 N–H and O–H groups in total. The molecule has 94 valence electrons. The Balaban J connectivity index is 2.30. The van der Waals surface area contributed by atoms with Crippen molar-refractivity contribution in [2.45, 2.75) is 0 Å². The number of carbonyl (C=O) groups excluding carboxylic acids is 1. The van der Waals surface area contributed by atoms with E-state index >= 15 is 0 Å². The molecule has 0 spiro atoms. The lowest BCUT2D eigenvalue weighted by Crippen LogP contribution is -2.17. The zero-order valence-electron chi connectivity index (χ0n) is 9.25. The van der Waals surface area contributed by atoms with Gasteiger partial charge in [0.25, 0.3) is 5.91 Å². The highest BCUT2D eigenvalue weighted by atomic mass is 19.2. The molecule has 1 aromatic heterocycles. The molecule has 0 radical (unpaired) electrons. The first-order chi connectivity index (χ1) is 8.50. The fourth-order valence-electron chi connectivity index (χ4n) is 1.38. The molecular formula is C11H8F3N3O. The number of carbonyl (C=O) groups is 1. The first-order valence-corrected chi connectivity index (χ1v) is 4.93. The fraction of sp³-hybridized carbons (Fsp3) is 0.0909. The molecule has 0 atom stereocenters. The summed E-state index contributed by atoms with van der Waals surface area (Å²) in [5, 5.41) is 6.12. The van der Waals surface area contributed by atoms with E-state index < -0.39 is 28.9 Å². The van der Waals surface area contributed by atoms with Crippen molar-refractivity contribution < 1.29 is 18.0 Å². The Morgan fingerprint density at radius 3 is 2.56 bits per heavy atom. The Labute approximate surface area is 100 Å². The number of benzene rings is 1. The van der Waals surface area contributed by atoms with Crippen molar-refractivity contribution in [2.24, 2.45) is 7.05 Å². The van der Waals surface area contributed by atoms with E-state index in [1.807, 2.05) is 0 Å². The molecule has 0 bridgehead atoms. The van der Waals surface area contributed by atoms with E-state index in [1.165, 1.54) is 16.9 Å². The quantitative estimate of drug-likeness (QED) is 0.835. The molecule has 0 aliphatic heterocycles. The largest absolute Gasteiger partial charge is 0.307 e. The first-order valence-electron chi connectivity index (χ1n) is 4.93. The van der Waals surface area contributed by atoms with Gasteiger partial charge in [0.05, 0.1) is 11.8 Å². The molecule has 2 rings (SSSR count). The summed E-state index contributed by atoms with van der Waals surface area (Å²) in [6.07, 6.45) is 1.43. The highest BCUT2D eigenvalue weighted by Crippen LogP contribution is 2.16. The van der Waals surface area contributed by atoms with Gasteiger partial charge in [-0.05, 0) is 12.1 Å². The van der Waals surface area contributed by atoms with Crippen molar-refractivity contribution in [1.82, 2.24) is 9.78 Å². The third-order valence-electron chi connectivity index (χ3n) is 2.34. The zero-order chi connectivity index (χ0) is 13.3. The van der Waals surface area contributed by atoms with Crippen LogP contribution in [0.4, 0.5) is 19.0 Å². The monoisotopic (exact) mass is 255 g/mol. The zero-order valence-corrected chi connectivity index (χ0v) is 9.25. The third kappa shape index (κ3) is 2.06. The van der Waals surface area contributed by atoms with Crippen LogP contribution >= 0.6 is 0 Å². The number of amides is 1. The molecule has 0 saturated carbocycles. The van der Waals surface area contributed by atoms with Crippen LogP contribution in [0.2, 0.25) is 0 Å². The third-order valence-corrected chi connectivity index (χ3v) is 2.34. The number of hydrogen-bond acceptors (Lipinski definition) is 2. The topological polar surface area (TPSA) is 46.9 Å². The van der Waals surface area contributed by atoms with E-state index in [2.05, 4.69) is 10.4 Å². The van der Waals surface area contributed by atoms with Crippen LogP contribution in [0, 0.1) is 17.5 Å². The Hall–Kier alpha value is -2.31. The average molecular weight is 255 g/mol. The lowest BCUT2D eigenvalue weighted by atomic mass is 10.2. The van der Waals surface area contributed by atoms with Gasteiger partial charge in [-0.3, -0.25) is 9.48 Å². The average Bonchev–Trinajstić information content (AvgIpc) is 2.72. The summed E-state index contributed by atoms with van der Waals surface area (Å²) in [6.45, 7) is 0. The van der Waals surface area contributed by atoms with Crippen molar-refractivity contribution in [3.05, 3.63) is 47.4 Å². The fourth-order valence-corrected chi connectivity index (χ4v) is 1.38. The Bertz CT molecular complexity index is 610. The van der Waals surface area contributed by atoms with Crippen LogP contribution in [0.1, 0.15) is 10.4 Å². The highest BCUT2D eigenvalue weighted by Gasteiger charge is 2.19. The van der Waals surface area contributed by atoms with Crippen LogP contribution in [0.25, 0.3) is 0 Å². The maximum absolute atomic E-state index is 13.3. The summed E-state index contributed by atoms with van der Waals surface area (Å²) in [4.78, 5) is 11.7. The molecule has 4 nitrogen and oxygen atoms in total. The van der Waals surface area contributed by atoms with E-state index in [9.17, 15) is 18.0 Å². The van der Waals surface area contributed by atoms with Gasteiger partial charge >= 0.3 is 0 Å². The van der Waals surface area contributed by atoms with Gasteiger partial charge in [0.15, 0.2) is 17.5 Å². The van der Waals surface area contributed by atoms with Gasteiger partial charge in [0.1, 0.15) is 5.82 Å². The second-order valence-corrected chi connectivity index (χ2v) is 3.52. The van der Waals surface area contributed by atoms with Crippen LogP contribution in [0.15, 0.2) is 24.4 Å². The van der Waals surface area contributed by atoms with E-state index in [4.69, 9.17) is 0 Å². The van der Waals surface area contributed by atoms with E-state index in [1.54, 1.807) is 7.05 Å². The van der Waals surface area contributed by atoms with Crippen LogP contribution in [0.5, 0.6) is 0 Å². The molecule has 1 amide bonds. The molecule has 7 heteroatoms. The normalized spacial score (nSPS) is 10.4. The summed E-state index contributed by atoms with van der Waals surface area (Å²) < 4.78 is 40.4. The number of anilines is 1. The highest BCUT2D eigenvalue weighted by molar-refractivity contribution is 6.04. The standard InChI is InChI=1S/C11H8F3N3O/c1-17-8(4-5-15-17)16-11(18)6-2-3-7(12)10(14)9(6)13/h2-5H,1H3,(H,16,18). The number of nitrogens with zero attached hydrogens (tertiary/aromatic N) is 2. The minimum atomic E-state index is -1.67. The number of hydrogen-bond donors (Lipinski definition) is 1. The van der Waals surface area contributed by atoms with Gasteiger partial charge in [0, 0.05) is 13.1 Å². The number of aryl methyl sites for hydroxylation is 1. The van der Waals surface area contributed by atoms with Gasteiger partial charge in [-0.25, -0.2) is 13.2 Å². The van der Waals surface area contributed by atoms with Gasteiger partial charge in [-0.15, -0.1) is 0 Å². The maximum Gasteiger partial charge on any atom is 0.259 e. The number of rotatable bonds is 2. The Morgan fingerprint density at radius 2 is 1.94 bits per heavy atom. The Morgan fingerprint density at radius 1 is 1.22 bits per heavy atom. The van der Waals surface area contributed by atoms with E-state index in [0.29, 0.717) is 11.9 Å². The summed E-state index contributed by atoms with van der Waals surface area (Å²) in [5.74, 6) is -5.11. The van der Waals surface area contributed by atoms with Gasteiger partial charge in [-0.2, -0.15) is 5.10 Å². The molecule has 0 aliphatic rings. The lowest BCUT2D eigenvalue weighted by molar-refractivity contribution is 0.102. The molecular weight excluding hydrogens is 247 g/mol. The lowest BCUT2D eigenvalue weighted by Gasteiger charge is -2.06.